The summed E-state index contributed by atoms with van der Waals surface area (Å²) in [5.41, 5.74) is 4.39. The average Bonchev–Trinajstić information content (AvgIpc) is 3.28. The van der Waals surface area contributed by atoms with E-state index in [0.717, 1.165) is 32.3 Å². The van der Waals surface area contributed by atoms with Gasteiger partial charge in [0, 0.05) is 37.6 Å². The predicted octanol–water partition coefficient (Wildman–Crippen LogP) is 4.73. The van der Waals surface area contributed by atoms with E-state index in [4.69, 9.17) is 0 Å². The van der Waals surface area contributed by atoms with Gasteiger partial charge < -0.3 is 15.6 Å². The third kappa shape index (κ3) is 4.23. The van der Waals surface area contributed by atoms with Crippen molar-refractivity contribution in [1.29, 1.82) is 0 Å². The van der Waals surface area contributed by atoms with Crippen LogP contribution in [0.5, 0.6) is 0 Å². The fourth-order valence-corrected chi connectivity index (χ4v) is 4.23. The molecule has 2 heterocycles. The second-order valence-electron chi connectivity index (χ2n) is 6.45. The van der Waals surface area contributed by atoms with Crippen molar-refractivity contribution in [2.75, 3.05) is 11.9 Å². The molecule has 0 atom stereocenters. The number of para-hydroxylation sites is 1. The summed E-state index contributed by atoms with van der Waals surface area (Å²) in [5.74, 6) is -0.638. The maximum Gasteiger partial charge on any atom is 0.251 e. The zero-order valence-electron chi connectivity index (χ0n) is 15.5. The molecule has 8 heteroatoms. The number of amides is 2. The molecule has 0 saturated carbocycles. The molecular weight excluding hydrogens is 452 g/mol. The van der Waals surface area contributed by atoms with Crippen LogP contribution < -0.4 is 10.6 Å². The van der Waals surface area contributed by atoms with Crippen LogP contribution in [0.2, 0.25) is 0 Å². The molecule has 0 unspecified atom stereocenters. The maximum absolute atomic E-state index is 12.2. The largest absolute Gasteiger partial charge is 0.358 e. The van der Waals surface area contributed by atoms with Gasteiger partial charge in [0.25, 0.3) is 5.91 Å². The number of hydrogen-bond donors (Lipinski definition) is 3. The van der Waals surface area contributed by atoms with Gasteiger partial charge in [-0.3, -0.25) is 9.59 Å². The summed E-state index contributed by atoms with van der Waals surface area (Å²) in [6.45, 7) is 1.87. The van der Waals surface area contributed by atoms with E-state index in [1.165, 1.54) is 11.3 Å². The van der Waals surface area contributed by atoms with Gasteiger partial charge in [0.2, 0.25) is 5.91 Å². The summed E-state index contributed by atoms with van der Waals surface area (Å²) in [7, 11) is 0. The number of aromatic amines is 1. The SMILES string of the molecule is Cc1[nH]c2ccccc2c1-c1csc(NC(=O)CNC(=O)c2cccc(Br)c2)n1. The maximum atomic E-state index is 12.2. The van der Waals surface area contributed by atoms with E-state index in [0.29, 0.717) is 10.7 Å². The molecule has 0 bridgehead atoms. The lowest BCUT2D eigenvalue weighted by Crippen LogP contribution is -2.32. The Morgan fingerprint density at radius 3 is 2.83 bits per heavy atom. The van der Waals surface area contributed by atoms with Crippen LogP contribution >= 0.6 is 27.3 Å². The Morgan fingerprint density at radius 2 is 2.00 bits per heavy atom. The number of carbonyl (C=O) groups excluding carboxylic acids is 2. The second-order valence-corrected chi connectivity index (χ2v) is 8.22. The van der Waals surface area contributed by atoms with Crippen molar-refractivity contribution < 1.29 is 9.59 Å². The van der Waals surface area contributed by atoms with Crippen molar-refractivity contribution in [1.82, 2.24) is 15.3 Å². The molecule has 29 heavy (non-hydrogen) atoms. The van der Waals surface area contributed by atoms with E-state index in [1.54, 1.807) is 18.2 Å². The van der Waals surface area contributed by atoms with Crippen LogP contribution in [0.4, 0.5) is 5.13 Å². The second kappa shape index (κ2) is 8.18. The Labute approximate surface area is 179 Å². The van der Waals surface area contributed by atoms with E-state index in [2.05, 4.69) is 36.5 Å². The summed E-state index contributed by atoms with van der Waals surface area (Å²) in [6, 6.07) is 15.0. The molecule has 146 valence electrons. The van der Waals surface area contributed by atoms with Crippen LogP contribution in [0, 0.1) is 6.92 Å². The van der Waals surface area contributed by atoms with Crippen molar-refractivity contribution in [2.24, 2.45) is 0 Å². The fraction of sp³-hybridized carbons (Fsp3) is 0.0952. The molecule has 2 aromatic heterocycles. The minimum absolute atomic E-state index is 0.133. The van der Waals surface area contributed by atoms with E-state index in [-0.39, 0.29) is 18.4 Å². The molecule has 6 nitrogen and oxygen atoms in total. The molecule has 3 N–H and O–H groups in total. The molecular formula is C21H17BrN4O2S. The standard InChI is InChI=1S/C21H17BrN4O2S/c1-12-19(15-7-2-3-8-16(15)24-12)17-11-29-21(25-17)26-18(27)10-23-20(28)13-5-4-6-14(22)9-13/h2-9,11,24H,10H2,1H3,(H,23,28)(H,25,26,27). The first-order chi connectivity index (χ1) is 14.0. The quantitative estimate of drug-likeness (QED) is 0.395. The number of fused-ring (bicyclic) bond motifs is 1. The number of aromatic nitrogens is 2. The minimum Gasteiger partial charge on any atom is -0.358 e. The highest BCUT2D eigenvalue weighted by molar-refractivity contribution is 9.10. The van der Waals surface area contributed by atoms with Gasteiger partial charge in [0.05, 0.1) is 12.2 Å². The first-order valence-corrected chi connectivity index (χ1v) is 10.6. The van der Waals surface area contributed by atoms with Crippen LogP contribution in [0.25, 0.3) is 22.2 Å². The Bertz CT molecular complexity index is 1210. The average molecular weight is 469 g/mol. The lowest BCUT2D eigenvalue weighted by molar-refractivity contribution is -0.115. The number of aryl methyl sites for hydroxylation is 1. The van der Waals surface area contributed by atoms with Crippen molar-refractivity contribution in [3.05, 3.63) is 69.6 Å². The molecule has 0 radical (unpaired) electrons. The first kappa shape index (κ1) is 19.4. The molecule has 0 saturated heterocycles. The van der Waals surface area contributed by atoms with Crippen LogP contribution in [0.15, 0.2) is 58.4 Å². The number of hydrogen-bond acceptors (Lipinski definition) is 4. The van der Waals surface area contributed by atoms with Crippen molar-refractivity contribution >= 4 is 55.1 Å². The highest BCUT2D eigenvalue weighted by Crippen LogP contribution is 2.33. The lowest BCUT2D eigenvalue weighted by atomic mass is 10.1. The third-order valence-corrected chi connectivity index (χ3v) is 5.65. The number of thiazole rings is 1. The number of halogens is 1. The van der Waals surface area contributed by atoms with Crippen LogP contribution in [0.3, 0.4) is 0 Å². The zero-order valence-corrected chi connectivity index (χ0v) is 17.9. The van der Waals surface area contributed by atoms with E-state index in [9.17, 15) is 9.59 Å². The summed E-state index contributed by atoms with van der Waals surface area (Å²) in [4.78, 5) is 32.3. The zero-order chi connectivity index (χ0) is 20.4. The summed E-state index contributed by atoms with van der Waals surface area (Å²) < 4.78 is 0.803. The molecule has 2 amide bonds. The number of carbonyl (C=O) groups is 2. The molecule has 4 aromatic rings. The number of H-pyrrole nitrogens is 1. The number of anilines is 1. The molecule has 0 aliphatic carbocycles. The van der Waals surface area contributed by atoms with Crippen molar-refractivity contribution in [3.63, 3.8) is 0 Å². The normalized spacial score (nSPS) is 10.8. The van der Waals surface area contributed by atoms with Crippen LogP contribution in [0.1, 0.15) is 16.1 Å². The molecule has 0 aliphatic rings. The highest BCUT2D eigenvalue weighted by atomic mass is 79.9. The van der Waals surface area contributed by atoms with Gasteiger partial charge in [0.1, 0.15) is 0 Å². The van der Waals surface area contributed by atoms with Gasteiger partial charge in [-0.05, 0) is 31.2 Å². The van der Waals surface area contributed by atoms with Crippen LogP contribution in [-0.4, -0.2) is 28.3 Å². The fourth-order valence-electron chi connectivity index (χ4n) is 3.11. The molecule has 0 aliphatic heterocycles. The summed E-state index contributed by atoms with van der Waals surface area (Å²) in [6.07, 6.45) is 0. The van der Waals surface area contributed by atoms with Gasteiger partial charge in [-0.1, -0.05) is 40.2 Å². The van der Waals surface area contributed by atoms with Gasteiger partial charge in [-0.25, -0.2) is 4.98 Å². The number of nitrogens with zero attached hydrogens (tertiary/aromatic N) is 1. The van der Waals surface area contributed by atoms with Gasteiger partial charge >= 0.3 is 0 Å². The molecule has 2 aromatic carbocycles. The molecule has 0 spiro atoms. The Kier molecular flexibility index (Phi) is 5.46. The molecule has 0 fully saturated rings. The number of benzene rings is 2. The van der Waals surface area contributed by atoms with Crippen LogP contribution in [-0.2, 0) is 4.79 Å². The third-order valence-electron chi connectivity index (χ3n) is 4.40. The summed E-state index contributed by atoms with van der Waals surface area (Å²) >= 11 is 4.68. The Hall–Kier alpha value is -2.97. The number of rotatable bonds is 5. The highest BCUT2D eigenvalue weighted by Gasteiger charge is 2.15. The minimum atomic E-state index is -0.329. The number of nitrogens with one attached hydrogen (secondary N) is 3. The summed E-state index contributed by atoms with van der Waals surface area (Å²) in [5, 5.41) is 8.86. The smallest absolute Gasteiger partial charge is 0.251 e. The Morgan fingerprint density at radius 1 is 1.17 bits per heavy atom. The van der Waals surface area contributed by atoms with Gasteiger partial charge in [0.15, 0.2) is 5.13 Å². The van der Waals surface area contributed by atoms with Gasteiger partial charge in [-0.2, -0.15) is 0 Å². The Balaban J connectivity index is 1.42. The van der Waals surface area contributed by atoms with Crippen molar-refractivity contribution in [3.8, 4) is 11.3 Å². The van der Waals surface area contributed by atoms with E-state index in [1.807, 2.05) is 42.6 Å². The topological polar surface area (TPSA) is 86.9 Å². The predicted molar refractivity (Wildman–Crippen MR) is 119 cm³/mol. The monoisotopic (exact) mass is 468 g/mol. The van der Waals surface area contributed by atoms with Crippen molar-refractivity contribution in [2.45, 2.75) is 6.92 Å². The van der Waals surface area contributed by atoms with E-state index >= 15 is 0 Å². The van der Waals surface area contributed by atoms with E-state index < -0.39 is 0 Å². The first-order valence-electron chi connectivity index (χ1n) is 8.88. The molecule has 4 rings (SSSR count). The van der Waals surface area contributed by atoms with Gasteiger partial charge in [-0.15, -0.1) is 11.3 Å². The lowest BCUT2D eigenvalue weighted by Gasteiger charge is -2.05.